The molecule has 3 aromatic rings. The normalized spacial score (nSPS) is 13.5. The van der Waals surface area contributed by atoms with E-state index in [0.29, 0.717) is 11.7 Å². The average molecular weight is 414 g/mol. The van der Waals surface area contributed by atoms with Crippen molar-refractivity contribution in [2.75, 3.05) is 11.1 Å². The molecule has 2 heterocycles. The Bertz CT molecular complexity index is 1080. The molecule has 1 N–H and O–H groups in total. The van der Waals surface area contributed by atoms with Gasteiger partial charge in [-0.15, -0.1) is 11.3 Å². The lowest BCUT2D eigenvalue weighted by molar-refractivity contribution is -0.113. The molecule has 0 unspecified atom stereocenters. The first-order valence-corrected chi connectivity index (χ1v) is 11.4. The van der Waals surface area contributed by atoms with Gasteiger partial charge in [-0.05, 0) is 57.2 Å². The van der Waals surface area contributed by atoms with E-state index >= 15 is 0 Å². The van der Waals surface area contributed by atoms with Gasteiger partial charge in [-0.25, -0.2) is 4.98 Å². The SMILES string of the molecule is CCn1c(SCC(=O)Nc2ccc(C)cc2)nc2sc3c(c2c1=O)CCCC3. The summed E-state index contributed by atoms with van der Waals surface area (Å²) in [7, 11) is 0. The summed E-state index contributed by atoms with van der Waals surface area (Å²) in [5, 5.41) is 4.32. The molecule has 28 heavy (non-hydrogen) atoms. The highest BCUT2D eigenvalue weighted by Crippen LogP contribution is 2.34. The third kappa shape index (κ3) is 3.73. The Balaban J connectivity index is 1.57. The average Bonchev–Trinajstić information content (AvgIpc) is 3.07. The van der Waals surface area contributed by atoms with Crippen LogP contribution < -0.4 is 10.9 Å². The van der Waals surface area contributed by atoms with Crippen LogP contribution in [-0.2, 0) is 24.2 Å². The number of hydrogen-bond acceptors (Lipinski definition) is 5. The van der Waals surface area contributed by atoms with Crippen LogP contribution in [0.2, 0.25) is 0 Å². The fourth-order valence-electron chi connectivity index (χ4n) is 3.57. The maximum Gasteiger partial charge on any atom is 0.263 e. The molecule has 0 bridgehead atoms. The van der Waals surface area contributed by atoms with Crippen LogP contribution in [0.3, 0.4) is 0 Å². The lowest BCUT2D eigenvalue weighted by Gasteiger charge is -2.12. The molecule has 1 aliphatic rings. The summed E-state index contributed by atoms with van der Waals surface area (Å²) >= 11 is 2.97. The van der Waals surface area contributed by atoms with E-state index in [1.165, 1.54) is 28.6 Å². The van der Waals surface area contributed by atoms with Crippen LogP contribution in [0.25, 0.3) is 10.2 Å². The van der Waals surface area contributed by atoms with Crippen LogP contribution in [0.1, 0.15) is 35.8 Å². The molecule has 0 saturated heterocycles. The molecule has 1 aromatic carbocycles. The molecule has 5 nitrogen and oxygen atoms in total. The Morgan fingerprint density at radius 2 is 2.00 bits per heavy atom. The number of benzene rings is 1. The number of carbonyl (C=O) groups excluding carboxylic acids is 1. The minimum absolute atomic E-state index is 0.0355. The van der Waals surface area contributed by atoms with Crippen molar-refractivity contribution in [2.45, 2.75) is 51.2 Å². The van der Waals surface area contributed by atoms with Crippen molar-refractivity contribution >= 4 is 44.9 Å². The van der Waals surface area contributed by atoms with Crippen molar-refractivity contribution in [3.63, 3.8) is 0 Å². The van der Waals surface area contributed by atoms with Crippen LogP contribution >= 0.6 is 23.1 Å². The number of thiophene rings is 1. The van der Waals surface area contributed by atoms with Gasteiger partial charge in [0, 0.05) is 17.1 Å². The number of rotatable bonds is 5. The van der Waals surface area contributed by atoms with Gasteiger partial charge in [0.05, 0.1) is 11.1 Å². The molecule has 0 spiro atoms. The second-order valence-electron chi connectivity index (χ2n) is 7.04. The van der Waals surface area contributed by atoms with Crippen molar-refractivity contribution in [3.05, 3.63) is 50.6 Å². The number of carbonyl (C=O) groups is 1. The molecule has 7 heteroatoms. The molecule has 0 atom stereocenters. The fraction of sp³-hybridized carbons (Fsp3) is 0.381. The van der Waals surface area contributed by atoms with Crippen molar-refractivity contribution < 1.29 is 4.79 Å². The number of nitrogens with one attached hydrogen (secondary N) is 1. The quantitative estimate of drug-likeness (QED) is 0.497. The van der Waals surface area contributed by atoms with Gasteiger partial charge in [0.1, 0.15) is 4.83 Å². The van der Waals surface area contributed by atoms with Crippen molar-refractivity contribution in [1.29, 1.82) is 0 Å². The maximum atomic E-state index is 13.1. The molecule has 0 saturated carbocycles. The second kappa shape index (κ2) is 8.09. The molecule has 0 fully saturated rings. The first-order chi connectivity index (χ1) is 13.6. The van der Waals surface area contributed by atoms with Gasteiger partial charge in [0.2, 0.25) is 5.91 Å². The third-order valence-corrected chi connectivity index (χ3v) is 7.19. The fourth-order valence-corrected chi connectivity index (χ4v) is 5.74. The molecule has 4 rings (SSSR count). The highest BCUT2D eigenvalue weighted by Gasteiger charge is 2.22. The lowest BCUT2D eigenvalue weighted by Crippen LogP contribution is -2.24. The molecule has 0 radical (unpaired) electrons. The topological polar surface area (TPSA) is 64.0 Å². The first-order valence-electron chi connectivity index (χ1n) is 9.61. The zero-order valence-electron chi connectivity index (χ0n) is 16.1. The summed E-state index contributed by atoms with van der Waals surface area (Å²) in [6.45, 7) is 4.51. The molecule has 146 valence electrons. The zero-order valence-corrected chi connectivity index (χ0v) is 17.7. The second-order valence-corrected chi connectivity index (χ2v) is 9.06. The molecule has 2 aromatic heterocycles. The third-order valence-electron chi connectivity index (χ3n) is 5.02. The summed E-state index contributed by atoms with van der Waals surface area (Å²) < 4.78 is 1.70. The van der Waals surface area contributed by atoms with Gasteiger partial charge in [-0.2, -0.15) is 0 Å². The minimum Gasteiger partial charge on any atom is -0.325 e. The summed E-state index contributed by atoms with van der Waals surface area (Å²) in [6.07, 6.45) is 4.34. The molecule has 0 aliphatic heterocycles. The summed E-state index contributed by atoms with van der Waals surface area (Å²) in [5.41, 5.74) is 3.17. The van der Waals surface area contributed by atoms with E-state index < -0.39 is 0 Å². The number of aromatic nitrogens is 2. The molecule has 1 amide bonds. The highest BCUT2D eigenvalue weighted by atomic mass is 32.2. The zero-order chi connectivity index (χ0) is 19.7. The van der Waals surface area contributed by atoms with Crippen LogP contribution in [0.15, 0.2) is 34.2 Å². The van der Waals surface area contributed by atoms with E-state index in [2.05, 4.69) is 5.32 Å². The smallest absolute Gasteiger partial charge is 0.263 e. The van der Waals surface area contributed by atoms with E-state index in [0.717, 1.165) is 40.7 Å². The van der Waals surface area contributed by atoms with E-state index in [4.69, 9.17) is 4.98 Å². The summed E-state index contributed by atoms with van der Waals surface area (Å²) in [4.78, 5) is 32.3. The van der Waals surface area contributed by atoms with Crippen molar-refractivity contribution in [1.82, 2.24) is 9.55 Å². The predicted octanol–water partition coefficient (Wildman–Crippen LogP) is 4.40. The Kier molecular flexibility index (Phi) is 5.55. The monoisotopic (exact) mass is 413 g/mol. The number of aryl methyl sites for hydroxylation is 3. The van der Waals surface area contributed by atoms with Crippen LogP contribution in [-0.4, -0.2) is 21.2 Å². The Hall–Kier alpha value is -2.12. The van der Waals surface area contributed by atoms with Gasteiger partial charge in [0.15, 0.2) is 5.16 Å². The number of fused-ring (bicyclic) bond motifs is 3. The lowest BCUT2D eigenvalue weighted by atomic mass is 9.97. The number of hydrogen-bond donors (Lipinski definition) is 1. The van der Waals surface area contributed by atoms with E-state index in [9.17, 15) is 9.59 Å². The standard InChI is InChI=1S/C21H23N3O2S2/c1-3-24-20(26)18-15-6-4-5-7-16(15)28-19(18)23-21(24)27-12-17(25)22-14-10-8-13(2)9-11-14/h8-11H,3-7,12H2,1-2H3,(H,22,25). The first kappa shape index (κ1) is 19.2. The Morgan fingerprint density at radius 1 is 1.25 bits per heavy atom. The van der Waals surface area contributed by atoms with Gasteiger partial charge < -0.3 is 5.32 Å². The number of amides is 1. The maximum absolute atomic E-state index is 13.1. The van der Waals surface area contributed by atoms with Gasteiger partial charge >= 0.3 is 0 Å². The van der Waals surface area contributed by atoms with Crippen LogP contribution in [0, 0.1) is 6.92 Å². The van der Waals surface area contributed by atoms with Gasteiger partial charge in [-0.1, -0.05) is 29.5 Å². The number of anilines is 1. The van der Waals surface area contributed by atoms with E-state index in [1.54, 1.807) is 15.9 Å². The van der Waals surface area contributed by atoms with Gasteiger partial charge in [0.25, 0.3) is 5.56 Å². The molecular formula is C21H23N3O2S2. The van der Waals surface area contributed by atoms with Crippen LogP contribution in [0.4, 0.5) is 5.69 Å². The van der Waals surface area contributed by atoms with Crippen molar-refractivity contribution in [3.8, 4) is 0 Å². The Morgan fingerprint density at radius 3 is 2.75 bits per heavy atom. The minimum atomic E-state index is -0.101. The summed E-state index contributed by atoms with van der Waals surface area (Å²) in [5.74, 6) is 0.119. The number of thioether (sulfide) groups is 1. The van der Waals surface area contributed by atoms with Crippen LogP contribution in [0.5, 0.6) is 0 Å². The highest BCUT2D eigenvalue weighted by molar-refractivity contribution is 7.99. The predicted molar refractivity (Wildman–Crippen MR) is 117 cm³/mol. The Labute approximate surface area is 172 Å². The molecule has 1 aliphatic carbocycles. The van der Waals surface area contributed by atoms with Crippen molar-refractivity contribution in [2.24, 2.45) is 0 Å². The summed E-state index contributed by atoms with van der Waals surface area (Å²) in [6, 6.07) is 7.71. The largest absolute Gasteiger partial charge is 0.325 e. The number of nitrogens with zero attached hydrogens (tertiary/aromatic N) is 2. The molecular weight excluding hydrogens is 390 g/mol. The van der Waals surface area contributed by atoms with Gasteiger partial charge in [-0.3, -0.25) is 14.2 Å². The van der Waals surface area contributed by atoms with E-state index in [1.807, 2.05) is 38.1 Å². The van der Waals surface area contributed by atoms with E-state index in [-0.39, 0.29) is 17.2 Å².